The third-order valence-electron chi connectivity index (χ3n) is 5.64. The van der Waals surface area contributed by atoms with Crippen molar-refractivity contribution in [2.24, 2.45) is 0 Å². The number of rotatable bonds is 7. The molecule has 0 N–H and O–H groups in total. The van der Waals surface area contributed by atoms with E-state index in [1.54, 1.807) is 33.8 Å². The first kappa shape index (κ1) is 22.3. The van der Waals surface area contributed by atoms with Crippen LogP contribution in [0.1, 0.15) is 53.9 Å². The lowest BCUT2D eigenvalue weighted by Crippen LogP contribution is -2.28. The van der Waals surface area contributed by atoms with Gasteiger partial charge in [0.25, 0.3) is 5.91 Å². The molecule has 1 unspecified atom stereocenters. The average Bonchev–Trinajstić information content (AvgIpc) is 3.38. The largest absolute Gasteiger partial charge is 0.494 e. The molecule has 0 fully saturated rings. The molecule has 1 amide bonds. The molecular weight excluding hydrogens is 423 g/mol. The fourth-order valence-electron chi connectivity index (χ4n) is 4.03. The molecule has 7 nitrogen and oxygen atoms in total. The topological polar surface area (TPSA) is 80.4 Å². The van der Waals surface area contributed by atoms with Crippen molar-refractivity contribution in [2.75, 3.05) is 7.11 Å². The Hall–Kier alpha value is -3.86. The minimum Gasteiger partial charge on any atom is -0.494 e. The molecule has 33 heavy (non-hydrogen) atoms. The van der Waals surface area contributed by atoms with Crippen LogP contribution in [0.2, 0.25) is 0 Å². The lowest BCUT2D eigenvalue weighted by Gasteiger charge is -2.22. The van der Waals surface area contributed by atoms with E-state index in [9.17, 15) is 14.4 Å². The van der Waals surface area contributed by atoms with E-state index in [0.29, 0.717) is 18.8 Å². The molecule has 4 rings (SSSR count). The number of nitrogens with zero attached hydrogens (tertiary/aromatic N) is 4. The molecule has 0 bridgehead atoms. The number of hydrogen-bond donors (Lipinski definition) is 0. The summed E-state index contributed by atoms with van der Waals surface area (Å²) in [6, 6.07) is 11.4. The minimum atomic E-state index is -0.310. The minimum absolute atomic E-state index is 0.0894. The molecule has 0 spiro atoms. The van der Waals surface area contributed by atoms with E-state index in [4.69, 9.17) is 9.47 Å². The van der Waals surface area contributed by atoms with Gasteiger partial charge in [0.2, 0.25) is 0 Å². The summed E-state index contributed by atoms with van der Waals surface area (Å²) < 4.78 is 26.4. The van der Waals surface area contributed by atoms with Gasteiger partial charge in [-0.05, 0) is 49.7 Å². The molecule has 1 aliphatic heterocycles. The van der Waals surface area contributed by atoms with E-state index in [1.165, 1.54) is 19.2 Å². The first-order valence-electron chi connectivity index (χ1n) is 10.9. The van der Waals surface area contributed by atoms with Crippen molar-refractivity contribution in [3.8, 4) is 23.3 Å². The zero-order chi connectivity index (χ0) is 23.5. The quantitative estimate of drug-likeness (QED) is 0.527. The molecule has 1 atom stereocenters. The van der Waals surface area contributed by atoms with Crippen molar-refractivity contribution in [3.63, 3.8) is 0 Å². The highest BCUT2D eigenvalue weighted by atomic mass is 19.1. The maximum absolute atomic E-state index is 13.6. The van der Waals surface area contributed by atoms with Gasteiger partial charge in [0.15, 0.2) is 5.75 Å². The molecule has 170 valence electrons. The molecule has 1 aromatic heterocycles. The maximum Gasteiger partial charge on any atom is 0.262 e. The monoisotopic (exact) mass is 448 g/mol. The van der Waals surface area contributed by atoms with E-state index >= 15 is 0 Å². The van der Waals surface area contributed by atoms with E-state index in [2.05, 4.69) is 18.1 Å². The number of benzene rings is 2. The van der Waals surface area contributed by atoms with Gasteiger partial charge in [0.1, 0.15) is 23.2 Å². The number of methoxy groups -OCH3 is 1. The number of carbonyl (C=O) groups excluding carboxylic acids is 1. The molecule has 0 aliphatic carbocycles. The maximum atomic E-state index is 13.6. The Kier molecular flexibility index (Phi) is 6.31. The predicted molar refractivity (Wildman–Crippen MR) is 120 cm³/mol. The van der Waals surface area contributed by atoms with Crippen LogP contribution < -0.4 is 9.47 Å². The summed E-state index contributed by atoms with van der Waals surface area (Å²) in [5.41, 5.74) is 2.94. The Morgan fingerprint density at radius 1 is 1.24 bits per heavy atom. The van der Waals surface area contributed by atoms with Crippen molar-refractivity contribution in [1.29, 1.82) is 5.26 Å². The van der Waals surface area contributed by atoms with Crippen LogP contribution in [-0.4, -0.2) is 33.8 Å². The van der Waals surface area contributed by atoms with Crippen molar-refractivity contribution in [1.82, 2.24) is 14.7 Å². The average molecular weight is 448 g/mol. The summed E-state index contributed by atoms with van der Waals surface area (Å²) in [7, 11) is 1.44. The zero-order valence-corrected chi connectivity index (χ0v) is 18.8. The Balaban J connectivity index is 1.62. The van der Waals surface area contributed by atoms with Crippen molar-refractivity contribution < 1.29 is 18.7 Å². The lowest BCUT2D eigenvalue weighted by atomic mass is 10.1. The van der Waals surface area contributed by atoms with Gasteiger partial charge in [-0.2, -0.15) is 10.4 Å². The fourth-order valence-corrected chi connectivity index (χ4v) is 4.03. The van der Waals surface area contributed by atoms with Gasteiger partial charge in [-0.15, -0.1) is 0 Å². The van der Waals surface area contributed by atoms with Crippen LogP contribution in [0, 0.1) is 17.1 Å². The summed E-state index contributed by atoms with van der Waals surface area (Å²) in [4.78, 5) is 15.2. The Morgan fingerprint density at radius 2 is 2.00 bits per heavy atom. The van der Waals surface area contributed by atoms with E-state index in [0.717, 1.165) is 29.8 Å². The van der Waals surface area contributed by atoms with Gasteiger partial charge in [-0.25, -0.2) is 9.07 Å². The predicted octanol–water partition coefficient (Wildman–Crippen LogP) is 4.62. The van der Waals surface area contributed by atoms with Gasteiger partial charge in [-0.3, -0.25) is 4.79 Å². The van der Waals surface area contributed by atoms with Crippen LogP contribution in [0.25, 0.3) is 5.69 Å². The Bertz CT molecular complexity index is 1190. The van der Waals surface area contributed by atoms with Crippen molar-refractivity contribution in [3.05, 3.63) is 70.8 Å². The number of aromatic nitrogens is 2. The Morgan fingerprint density at radius 3 is 2.64 bits per heavy atom. The van der Waals surface area contributed by atoms with Crippen LogP contribution in [0.5, 0.6) is 11.5 Å². The molecule has 0 saturated heterocycles. The highest BCUT2D eigenvalue weighted by Gasteiger charge is 2.32. The summed E-state index contributed by atoms with van der Waals surface area (Å²) in [6.07, 6.45) is 3.54. The van der Waals surface area contributed by atoms with Crippen LogP contribution in [0.3, 0.4) is 0 Å². The lowest BCUT2D eigenvalue weighted by molar-refractivity contribution is 0.0738. The SMILES string of the molecule is CCCC(C)Oc1ccc(C#N)c(OC)c1C(=O)N1Cc2cn(-c3ccc(F)cc3)nc2C1. The summed E-state index contributed by atoms with van der Waals surface area (Å²) >= 11 is 0. The smallest absolute Gasteiger partial charge is 0.262 e. The number of amides is 1. The number of halogens is 1. The van der Waals surface area contributed by atoms with Gasteiger partial charge >= 0.3 is 0 Å². The van der Waals surface area contributed by atoms with E-state index < -0.39 is 0 Å². The molecule has 2 aromatic carbocycles. The van der Waals surface area contributed by atoms with E-state index in [-0.39, 0.29) is 34.7 Å². The molecule has 3 aromatic rings. The number of hydrogen-bond acceptors (Lipinski definition) is 5. The van der Waals surface area contributed by atoms with Crippen LogP contribution in [0.4, 0.5) is 4.39 Å². The summed E-state index contributed by atoms with van der Waals surface area (Å²) in [5, 5.41) is 14.1. The normalized spacial score (nSPS) is 13.4. The van der Waals surface area contributed by atoms with Crippen molar-refractivity contribution in [2.45, 2.75) is 45.9 Å². The van der Waals surface area contributed by atoms with Crippen molar-refractivity contribution >= 4 is 5.91 Å². The van der Waals surface area contributed by atoms with Crippen LogP contribution in [-0.2, 0) is 13.1 Å². The van der Waals surface area contributed by atoms with Gasteiger partial charge < -0.3 is 14.4 Å². The fraction of sp³-hybridized carbons (Fsp3) is 0.320. The molecule has 2 heterocycles. The standard InChI is InChI=1S/C25H25FN4O3/c1-4-5-16(2)33-22-11-6-17(12-27)24(32-3)23(22)25(31)29-13-18-14-30(28-21(18)15-29)20-9-7-19(26)8-10-20/h6-11,14,16H,4-5,13,15H2,1-3H3. The number of ether oxygens (including phenoxy) is 2. The molecule has 0 radical (unpaired) electrons. The van der Waals surface area contributed by atoms with E-state index in [1.807, 2.05) is 13.1 Å². The molecular formula is C25H25FN4O3. The molecule has 8 heteroatoms. The summed E-state index contributed by atoms with van der Waals surface area (Å²) in [5.74, 6) is 0.0198. The third-order valence-corrected chi connectivity index (χ3v) is 5.64. The first-order valence-corrected chi connectivity index (χ1v) is 10.9. The van der Waals surface area contributed by atoms with Crippen LogP contribution >= 0.6 is 0 Å². The highest BCUT2D eigenvalue weighted by molar-refractivity contribution is 6.00. The zero-order valence-electron chi connectivity index (χ0n) is 18.8. The van der Waals surface area contributed by atoms with Crippen LogP contribution in [0.15, 0.2) is 42.6 Å². The Labute approximate surface area is 192 Å². The third kappa shape index (κ3) is 4.40. The van der Waals surface area contributed by atoms with Gasteiger partial charge in [0, 0.05) is 18.3 Å². The first-order chi connectivity index (χ1) is 15.9. The number of carbonyl (C=O) groups is 1. The molecule has 0 saturated carbocycles. The molecule has 1 aliphatic rings. The van der Waals surface area contributed by atoms with Gasteiger partial charge in [0.05, 0.1) is 36.7 Å². The number of nitriles is 1. The second-order valence-electron chi connectivity index (χ2n) is 8.03. The highest BCUT2D eigenvalue weighted by Crippen LogP contribution is 2.36. The van der Waals surface area contributed by atoms with Gasteiger partial charge in [-0.1, -0.05) is 13.3 Å². The second kappa shape index (κ2) is 9.33. The summed E-state index contributed by atoms with van der Waals surface area (Å²) in [6.45, 7) is 4.69. The second-order valence-corrected chi connectivity index (χ2v) is 8.03. The number of fused-ring (bicyclic) bond motifs is 1.